The zero-order chi connectivity index (χ0) is 17.9. The summed E-state index contributed by atoms with van der Waals surface area (Å²) in [6.07, 6.45) is 7.56. The number of aliphatic imine (C=N–C) groups is 1. The molecule has 2 aromatic carbocycles. The van der Waals surface area contributed by atoms with E-state index in [4.69, 9.17) is 10.00 Å². The molecule has 0 aliphatic rings. The molecule has 0 heterocycles. The van der Waals surface area contributed by atoms with Gasteiger partial charge in [-0.25, -0.2) is 0 Å². The van der Waals surface area contributed by atoms with Crippen molar-refractivity contribution in [3.05, 3.63) is 53.6 Å². The van der Waals surface area contributed by atoms with Crippen LogP contribution in [0.25, 0.3) is 0 Å². The Kier molecular flexibility index (Phi) is 7.52. The van der Waals surface area contributed by atoms with Crippen LogP contribution < -0.4 is 4.74 Å². The minimum atomic E-state index is 0.140. The molecule has 0 bridgehead atoms. The van der Waals surface area contributed by atoms with Crippen LogP contribution >= 0.6 is 0 Å². The molecule has 0 fully saturated rings. The SMILES string of the molecule is CCCCCCCOc1ccc(C=Nc2ccc(C#N)cc2)c(O)c1. The number of unbranched alkanes of at least 4 members (excludes halogenated alkanes) is 4. The van der Waals surface area contributed by atoms with Crippen molar-refractivity contribution < 1.29 is 9.84 Å². The Morgan fingerprint density at radius 2 is 1.84 bits per heavy atom. The molecule has 0 unspecified atom stereocenters. The number of hydrogen-bond donors (Lipinski definition) is 1. The van der Waals surface area contributed by atoms with E-state index in [9.17, 15) is 5.11 Å². The van der Waals surface area contributed by atoms with Gasteiger partial charge in [0.05, 0.1) is 23.9 Å². The summed E-state index contributed by atoms with van der Waals surface area (Å²) in [4.78, 5) is 4.31. The van der Waals surface area contributed by atoms with Gasteiger partial charge in [-0.05, 0) is 42.8 Å². The van der Waals surface area contributed by atoms with Crippen molar-refractivity contribution in [2.75, 3.05) is 6.61 Å². The zero-order valence-electron chi connectivity index (χ0n) is 14.6. The van der Waals surface area contributed by atoms with Crippen LogP contribution in [-0.2, 0) is 0 Å². The molecule has 130 valence electrons. The van der Waals surface area contributed by atoms with Gasteiger partial charge < -0.3 is 9.84 Å². The van der Waals surface area contributed by atoms with Crippen LogP contribution in [0.15, 0.2) is 47.5 Å². The van der Waals surface area contributed by atoms with E-state index in [0.717, 1.165) is 12.1 Å². The number of rotatable bonds is 9. The van der Waals surface area contributed by atoms with Gasteiger partial charge in [0.2, 0.25) is 0 Å². The van der Waals surface area contributed by atoms with Crippen molar-refractivity contribution in [1.82, 2.24) is 0 Å². The van der Waals surface area contributed by atoms with Gasteiger partial charge >= 0.3 is 0 Å². The van der Waals surface area contributed by atoms with Crippen LogP contribution in [-0.4, -0.2) is 17.9 Å². The molecule has 0 amide bonds. The average Bonchev–Trinajstić information content (AvgIpc) is 2.64. The number of benzene rings is 2. The smallest absolute Gasteiger partial charge is 0.128 e. The fourth-order valence-electron chi connectivity index (χ4n) is 2.38. The first-order chi connectivity index (χ1) is 12.2. The summed E-state index contributed by atoms with van der Waals surface area (Å²) in [5, 5.41) is 18.9. The number of nitriles is 1. The van der Waals surface area contributed by atoms with Crippen LogP contribution in [0.2, 0.25) is 0 Å². The highest BCUT2D eigenvalue weighted by Gasteiger charge is 2.02. The summed E-state index contributed by atoms with van der Waals surface area (Å²) < 4.78 is 5.68. The molecule has 0 aliphatic heterocycles. The van der Waals surface area contributed by atoms with E-state index < -0.39 is 0 Å². The molecule has 25 heavy (non-hydrogen) atoms. The molecule has 0 saturated heterocycles. The second-order valence-electron chi connectivity index (χ2n) is 5.90. The number of ether oxygens (including phenoxy) is 1. The lowest BCUT2D eigenvalue weighted by molar-refractivity contribution is 0.303. The second kappa shape index (κ2) is 10.1. The van der Waals surface area contributed by atoms with Crippen molar-refractivity contribution in [3.63, 3.8) is 0 Å². The minimum Gasteiger partial charge on any atom is -0.507 e. The van der Waals surface area contributed by atoms with Gasteiger partial charge in [0.1, 0.15) is 11.5 Å². The van der Waals surface area contributed by atoms with Gasteiger partial charge in [0, 0.05) is 17.8 Å². The first kappa shape index (κ1) is 18.5. The second-order valence-corrected chi connectivity index (χ2v) is 5.90. The predicted molar refractivity (Wildman–Crippen MR) is 101 cm³/mol. The molecule has 0 atom stereocenters. The van der Waals surface area contributed by atoms with Crippen LogP contribution in [0.1, 0.15) is 50.2 Å². The molecule has 0 spiro atoms. The van der Waals surface area contributed by atoms with Crippen molar-refractivity contribution in [3.8, 4) is 17.6 Å². The van der Waals surface area contributed by atoms with E-state index in [1.54, 1.807) is 42.6 Å². The van der Waals surface area contributed by atoms with E-state index in [0.29, 0.717) is 23.5 Å². The third-order valence-corrected chi connectivity index (χ3v) is 3.87. The Labute approximate surface area is 149 Å². The lowest BCUT2D eigenvalue weighted by Crippen LogP contribution is -1.97. The number of hydrogen-bond acceptors (Lipinski definition) is 4. The van der Waals surface area contributed by atoms with Gasteiger partial charge in [-0.1, -0.05) is 32.6 Å². The lowest BCUT2D eigenvalue weighted by Gasteiger charge is -2.07. The minimum absolute atomic E-state index is 0.140. The summed E-state index contributed by atoms with van der Waals surface area (Å²) in [5.41, 5.74) is 1.95. The predicted octanol–water partition coefficient (Wildman–Crippen LogP) is 5.36. The van der Waals surface area contributed by atoms with Crippen molar-refractivity contribution in [1.29, 1.82) is 5.26 Å². The van der Waals surface area contributed by atoms with Crippen LogP contribution in [0.4, 0.5) is 5.69 Å². The molecule has 1 N–H and O–H groups in total. The Hall–Kier alpha value is -2.80. The maximum Gasteiger partial charge on any atom is 0.128 e. The Bertz CT molecular complexity index is 731. The number of nitrogens with zero attached hydrogens (tertiary/aromatic N) is 2. The summed E-state index contributed by atoms with van der Waals surface area (Å²) in [6, 6.07) is 14.3. The van der Waals surface area contributed by atoms with E-state index in [2.05, 4.69) is 18.0 Å². The number of aromatic hydroxyl groups is 1. The van der Waals surface area contributed by atoms with Gasteiger partial charge in [-0.3, -0.25) is 4.99 Å². The van der Waals surface area contributed by atoms with E-state index in [1.165, 1.54) is 25.7 Å². The van der Waals surface area contributed by atoms with Crippen LogP contribution in [0, 0.1) is 11.3 Å². The number of phenols is 1. The van der Waals surface area contributed by atoms with E-state index in [1.807, 2.05) is 6.07 Å². The van der Waals surface area contributed by atoms with Crippen LogP contribution in [0.3, 0.4) is 0 Å². The molecule has 2 aromatic rings. The summed E-state index contributed by atoms with van der Waals surface area (Å²) >= 11 is 0. The van der Waals surface area contributed by atoms with Gasteiger partial charge in [0.25, 0.3) is 0 Å². The lowest BCUT2D eigenvalue weighted by atomic mass is 10.2. The fourth-order valence-corrected chi connectivity index (χ4v) is 2.38. The Morgan fingerprint density at radius 1 is 1.08 bits per heavy atom. The molecule has 4 heteroatoms. The van der Waals surface area contributed by atoms with E-state index in [-0.39, 0.29) is 5.75 Å². The number of phenolic OH excluding ortho intramolecular Hbond substituents is 1. The van der Waals surface area contributed by atoms with Gasteiger partial charge in [0.15, 0.2) is 0 Å². The third-order valence-electron chi connectivity index (χ3n) is 3.87. The summed E-state index contributed by atoms with van der Waals surface area (Å²) in [5.74, 6) is 0.810. The topological polar surface area (TPSA) is 65.6 Å². The molecule has 2 rings (SSSR count). The largest absolute Gasteiger partial charge is 0.507 e. The highest BCUT2D eigenvalue weighted by molar-refractivity contribution is 5.85. The molecule has 0 saturated carbocycles. The highest BCUT2D eigenvalue weighted by atomic mass is 16.5. The van der Waals surface area contributed by atoms with Crippen molar-refractivity contribution >= 4 is 11.9 Å². The summed E-state index contributed by atoms with van der Waals surface area (Å²) in [6.45, 7) is 2.87. The monoisotopic (exact) mass is 336 g/mol. The molecule has 0 radical (unpaired) electrons. The van der Waals surface area contributed by atoms with Crippen molar-refractivity contribution in [2.24, 2.45) is 4.99 Å². The molecule has 0 aromatic heterocycles. The quantitative estimate of drug-likeness (QED) is 0.495. The molecular weight excluding hydrogens is 312 g/mol. The first-order valence-corrected chi connectivity index (χ1v) is 8.73. The maximum atomic E-state index is 10.1. The normalized spacial score (nSPS) is 10.7. The van der Waals surface area contributed by atoms with Gasteiger partial charge in [-0.15, -0.1) is 0 Å². The van der Waals surface area contributed by atoms with Crippen molar-refractivity contribution in [2.45, 2.75) is 39.0 Å². The maximum absolute atomic E-state index is 10.1. The van der Waals surface area contributed by atoms with Crippen LogP contribution in [0.5, 0.6) is 11.5 Å². The average molecular weight is 336 g/mol. The van der Waals surface area contributed by atoms with E-state index >= 15 is 0 Å². The molecular formula is C21H24N2O2. The Balaban J connectivity index is 1.88. The van der Waals surface area contributed by atoms with Gasteiger partial charge in [-0.2, -0.15) is 5.26 Å². The molecule has 0 aliphatic carbocycles. The highest BCUT2D eigenvalue weighted by Crippen LogP contribution is 2.23. The fraction of sp³-hybridized carbons (Fsp3) is 0.333. The standard InChI is InChI=1S/C21H24N2O2/c1-2-3-4-5-6-13-25-20-12-9-18(21(24)14-20)16-23-19-10-7-17(15-22)8-11-19/h7-12,14,16,24H,2-6,13H2,1H3. The first-order valence-electron chi connectivity index (χ1n) is 8.73. The zero-order valence-corrected chi connectivity index (χ0v) is 14.6. The third kappa shape index (κ3) is 6.31. The molecule has 4 nitrogen and oxygen atoms in total. The summed E-state index contributed by atoms with van der Waals surface area (Å²) in [7, 11) is 0. The Morgan fingerprint density at radius 3 is 2.52 bits per heavy atom.